The lowest BCUT2D eigenvalue weighted by Gasteiger charge is -2.23. The molecule has 0 saturated heterocycles. The lowest BCUT2D eigenvalue weighted by Crippen LogP contribution is -2.15. The number of rotatable bonds is 10. The number of carboxylic acids is 1. The van der Waals surface area contributed by atoms with E-state index in [9.17, 15) is 18.0 Å². The first-order valence-corrected chi connectivity index (χ1v) is 13.3. The number of furan rings is 1. The Balaban J connectivity index is 1.56. The van der Waals surface area contributed by atoms with Gasteiger partial charge in [0.25, 0.3) is 0 Å². The Hall–Kier alpha value is -3.49. The molecule has 204 valence electrons. The van der Waals surface area contributed by atoms with Gasteiger partial charge in [-0.3, -0.25) is 4.79 Å². The largest absolute Gasteiger partial charge is 0.481 e. The summed E-state index contributed by atoms with van der Waals surface area (Å²) in [7, 11) is 0. The molecular formula is C31H30F3NO3S. The summed E-state index contributed by atoms with van der Waals surface area (Å²) in [5, 5.41) is 8.97. The maximum atomic E-state index is 13.1. The van der Waals surface area contributed by atoms with Crippen molar-refractivity contribution in [2.45, 2.75) is 57.8 Å². The molecule has 8 heteroatoms. The number of nitrogens with zero attached hydrogens (tertiary/aromatic N) is 1. The van der Waals surface area contributed by atoms with Crippen LogP contribution in [0.15, 0.2) is 82.1 Å². The monoisotopic (exact) mass is 553 g/mol. The van der Waals surface area contributed by atoms with Crippen LogP contribution in [0.3, 0.4) is 0 Å². The van der Waals surface area contributed by atoms with E-state index < -0.39 is 17.9 Å². The molecule has 4 nitrogen and oxygen atoms in total. The number of aliphatic carboxylic acids is 1. The minimum absolute atomic E-state index is 0.0793. The predicted molar refractivity (Wildman–Crippen MR) is 147 cm³/mol. The Morgan fingerprint density at radius 2 is 1.56 bits per heavy atom. The van der Waals surface area contributed by atoms with Gasteiger partial charge in [-0.15, -0.1) is 0 Å². The highest BCUT2D eigenvalue weighted by Crippen LogP contribution is 2.35. The molecule has 3 aromatic carbocycles. The third kappa shape index (κ3) is 7.77. The van der Waals surface area contributed by atoms with Crippen molar-refractivity contribution in [2.24, 2.45) is 0 Å². The molecule has 0 aliphatic heterocycles. The van der Waals surface area contributed by atoms with Crippen molar-refractivity contribution >= 4 is 17.9 Å². The summed E-state index contributed by atoms with van der Waals surface area (Å²) >= 11 is 1.51. The van der Waals surface area contributed by atoms with Crippen molar-refractivity contribution in [3.05, 3.63) is 112 Å². The molecule has 39 heavy (non-hydrogen) atoms. The van der Waals surface area contributed by atoms with Crippen LogP contribution in [0, 0.1) is 20.8 Å². The standard InChI is InChI=1S/C31H30F3NO3S/c1-20-15-21(2)30(22(3)16-20)39-35(19-27-12-13-28(38-27)31(32,33)34)18-24-7-10-25(11-8-24)26-6-4-5-23(17-26)9-14-29(36)37/h4-8,10-13,15-17H,9,14,18-19H2,1-3H3,(H,36,37). The summed E-state index contributed by atoms with van der Waals surface area (Å²) in [4.78, 5) is 12.0. The second-order valence-corrected chi connectivity index (χ2v) is 10.8. The highest BCUT2D eigenvalue weighted by molar-refractivity contribution is 7.97. The van der Waals surface area contributed by atoms with Crippen LogP contribution < -0.4 is 0 Å². The quantitative estimate of drug-likeness (QED) is 0.199. The summed E-state index contributed by atoms with van der Waals surface area (Å²) in [6, 6.07) is 22.4. The Morgan fingerprint density at radius 3 is 2.18 bits per heavy atom. The van der Waals surface area contributed by atoms with Crippen LogP contribution in [0.25, 0.3) is 11.1 Å². The summed E-state index contributed by atoms with van der Waals surface area (Å²) in [5.74, 6) is -1.58. The van der Waals surface area contributed by atoms with E-state index in [4.69, 9.17) is 9.52 Å². The molecule has 0 spiro atoms. The maximum Gasteiger partial charge on any atom is 0.449 e. The summed E-state index contributed by atoms with van der Waals surface area (Å²) in [6.07, 6.45) is -3.98. The number of aryl methyl sites for hydroxylation is 4. The van der Waals surface area contributed by atoms with Gasteiger partial charge >= 0.3 is 12.1 Å². The van der Waals surface area contributed by atoms with E-state index in [-0.39, 0.29) is 18.7 Å². The molecule has 0 unspecified atom stereocenters. The molecule has 1 heterocycles. The zero-order chi connectivity index (χ0) is 28.2. The fourth-order valence-corrected chi connectivity index (χ4v) is 5.58. The maximum absolute atomic E-state index is 13.1. The van der Waals surface area contributed by atoms with Crippen LogP contribution in [0.2, 0.25) is 0 Å². The molecule has 0 bridgehead atoms. The smallest absolute Gasteiger partial charge is 0.449 e. The number of hydrogen-bond donors (Lipinski definition) is 1. The van der Waals surface area contributed by atoms with Crippen LogP contribution in [-0.4, -0.2) is 15.4 Å². The highest BCUT2D eigenvalue weighted by atomic mass is 32.2. The molecule has 0 fully saturated rings. The molecule has 4 rings (SSSR count). The van der Waals surface area contributed by atoms with Crippen molar-refractivity contribution in [3.63, 3.8) is 0 Å². The normalized spacial score (nSPS) is 11.8. The number of benzene rings is 3. The van der Waals surface area contributed by atoms with Crippen LogP contribution in [-0.2, 0) is 30.5 Å². The minimum Gasteiger partial charge on any atom is -0.481 e. The van der Waals surface area contributed by atoms with Crippen molar-refractivity contribution in [3.8, 4) is 11.1 Å². The summed E-state index contributed by atoms with van der Waals surface area (Å²) in [6.45, 7) is 6.79. The number of alkyl halides is 3. The molecule has 0 atom stereocenters. The number of halogens is 3. The fraction of sp³-hybridized carbons (Fsp3) is 0.258. The van der Waals surface area contributed by atoms with E-state index in [0.717, 1.165) is 49.9 Å². The molecule has 0 amide bonds. The number of carboxylic acid groups (broad SMARTS) is 1. The minimum atomic E-state index is -4.53. The number of carbonyl (C=O) groups is 1. The topological polar surface area (TPSA) is 53.7 Å². The third-order valence-corrected chi connectivity index (χ3v) is 7.64. The molecule has 0 radical (unpaired) electrons. The van der Waals surface area contributed by atoms with Gasteiger partial charge in [-0.2, -0.15) is 13.2 Å². The molecule has 1 N–H and O–H groups in total. The first kappa shape index (κ1) is 28.5. The molecule has 0 aliphatic rings. The predicted octanol–water partition coefficient (Wildman–Crippen LogP) is 8.62. The van der Waals surface area contributed by atoms with E-state index in [1.165, 1.54) is 18.0 Å². The SMILES string of the molecule is Cc1cc(C)c(SN(Cc2ccc(-c3cccc(CCC(=O)O)c3)cc2)Cc2ccc(C(F)(F)F)o2)c(C)c1. The van der Waals surface area contributed by atoms with Crippen LogP contribution in [0.5, 0.6) is 0 Å². The summed E-state index contributed by atoms with van der Waals surface area (Å²) in [5.41, 5.74) is 7.33. The van der Waals surface area contributed by atoms with E-state index in [0.29, 0.717) is 13.0 Å². The van der Waals surface area contributed by atoms with Gasteiger partial charge in [0, 0.05) is 17.9 Å². The lowest BCUT2D eigenvalue weighted by molar-refractivity contribution is -0.153. The first-order chi connectivity index (χ1) is 18.5. The molecule has 0 saturated carbocycles. The Morgan fingerprint density at radius 1 is 0.872 bits per heavy atom. The Kier molecular flexibility index (Phi) is 8.87. The van der Waals surface area contributed by atoms with Crippen LogP contribution in [0.1, 0.15) is 45.8 Å². The second kappa shape index (κ2) is 12.1. The first-order valence-electron chi connectivity index (χ1n) is 12.5. The fourth-order valence-electron chi connectivity index (χ4n) is 4.51. The molecule has 4 aromatic rings. The average Bonchev–Trinajstić information content (AvgIpc) is 3.35. The van der Waals surface area contributed by atoms with Gasteiger partial charge in [0.2, 0.25) is 5.76 Å². The van der Waals surface area contributed by atoms with E-state index >= 15 is 0 Å². The third-order valence-electron chi connectivity index (χ3n) is 6.30. The van der Waals surface area contributed by atoms with Gasteiger partial charge in [-0.05, 0) is 84.7 Å². The van der Waals surface area contributed by atoms with Crippen molar-refractivity contribution in [2.75, 3.05) is 0 Å². The van der Waals surface area contributed by atoms with Crippen LogP contribution >= 0.6 is 11.9 Å². The lowest BCUT2D eigenvalue weighted by atomic mass is 10.00. The Labute approximate surface area is 230 Å². The van der Waals surface area contributed by atoms with Gasteiger partial charge in [-0.25, -0.2) is 4.31 Å². The van der Waals surface area contributed by atoms with Crippen molar-refractivity contribution < 1.29 is 27.5 Å². The van der Waals surface area contributed by atoms with Gasteiger partial charge < -0.3 is 9.52 Å². The highest BCUT2D eigenvalue weighted by Gasteiger charge is 2.35. The summed E-state index contributed by atoms with van der Waals surface area (Å²) < 4.78 is 46.5. The zero-order valence-electron chi connectivity index (χ0n) is 22.0. The van der Waals surface area contributed by atoms with Gasteiger partial charge in [0.15, 0.2) is 0 Å². The Bertz CT molecular complexity index is 1420. The van der Waals surface area contributed by atoms with E-state index in [1.807, 2.05) is 73.6 Å². The number of hydrogen-bond acceptors (Lipinski definition) is 4. The second-order valence-electron chi connectivity index (χ2n) is 9.67. The van der Waals surface area contributed by atoms with Crippen molar-refractivity contribution in [1.29, 1.82) is 0 Å². The van der Waals surface area contributed by atoms with Gasteiger partial charge in [-0.1, -0.05) is 66.2 Å². The van der Waals surface area contributed by atoms with Gasteiger partial charge in [0.05, 0.1) is 6.54 Å². The van der Waals surface area contributed by atoms with E-state index in [2.05, 4.69) is 12.1 Å². The molecule has 1 aromatic heterocycles. The van der Waals surface area contributed by atoms with Crippen molar-refractivity contribution in [1.82, 2.24) is 4.31 Å². The zero-order valence-corrected chi connectivity index (χ0v) is 22.8. The average molecular weight is 554 g/mol. The van der Waals surface area contributed by atoms with Crippen LogP contribution in [0.4, 0.5) is 13.2 Å². The van der Waals surface area contributed by atoms with E-state index in [1.54, 1.807) is 0 Å². The van der Waals surface area contributed by atoms with Gasteiger partial charge in [0.1, 0.15) is 5.76 Å². The molecule has 0 aliphatic carbocycles. The molecular weight excluding hydrogens is 523 g/mol.